The van der Waals surface area contributed by atoms with E-state index in [0.717, 1.165) is 15.7 Å². The fourth-order valence-corrected chi connectivity index (χ4v) is 4.92. The lowest BCUT2D eigenvalue weighted by atomic mass is 10.1. The molecule has 0 unspecified atom stereocenters. The van der Waals surface area contributed by atoms with Crippen molar-refractivity contribution in [1.29, 1.82) is 0 Å². The van der Waals surface area contributed by atoms with Crippen LogP contribution in [-0.2, 0) is 6.54 Å². The minimum absolute atomic E-state index is 0.161. The molecule has 0 atom stereocenters. The van der Waals surface area contributed by atoms with Gasteiger partial charge in [0.2, 0.25) is 17.8 Å². The summed E-state index contributed by atoms with van der Waals surface area (Å²) >= 11 is 2.87. The monoisotopic (exact) mass is 478 g/mol. The minimum atomic E-state index is -0.294. The second kappa shape index (κ2) is 9.08. The predicted molar refractivity (Wildman–Crippen MR) is 130 cm³/mol. The number of aliphatic imine (C=N–C) groups is 1. The molecule has 0 radical (unpaired) electrons. The number of thioether (sulfide) groups is 1. The van der Waals surface area contributed by atoms with Gasteiger partial charge in [0.05, 0.1) is 12.1 Å². The highest BCUT2D eigenvalue weighted by atomic mass is 32.2. The highest BCUT2D eigenvalue weighted by molar-refractivity contribution is 8.01. The molecule has 33 heavy (non-hydrogen) atoms. The summed E-state index contributed by atoms with van der Waals surface area (Å²) in [6, 6.07) is 12.6. The van der Waals surface area contributed by atoms with Crippen molar-refractivity contribution in [3.8, 4) is 17.4 Å². The minimum Gasteiger partial charge on any atom is -0.494 e. The quantitative estimate of drug-likeness (QED) is 0.239. The molecule has 2 aromatic carbocycles. The van der Waals surface area contributed by atoms with Crippen LogP contribution in [0.15, 0.2) is 69.2 Å². The number of pyridine rings is 1. The van der Waals surface area contributed by atoms with Crippen LogP contribution in [-0.4, -0.2) is 38.6 Å². The molecule has 0 fully saturated rings. The topological polar surface area (TPSA) is 98.8 Å². The average molecular weight is 479 g/mol. The zero-order chi connectivity index (χ0) is 22.8. The van der Waals surface area contributed by atoms with E-state index in [1.54, 1.807) is 36.4 Å². The molecule has 3 heterocycles. The van der Waals surface area contributed by atoms with Crippen molar-refractivity contribution in [2.45, 2.75) is 10.9 Å². The molecule has 10 heteroatoms. The molecule has 0 amide bonds. The number of nitrogens with zero attached hydrogens (tertiary/aromatic N) is 4. The van der Waals surface area contributed by atoms with Crippen LogP contribution in [0.5, 0.6) is 17.4 Å². The zero-order valence-corrected chi connectivity index (χ0v) is 18.9. The molecule has 166 valence electrons. The van der Waals surface area contributed by atoms with Gasteiger partial charge in [0.15, 0.2) is 15.8 Å². The number of aromatic hydroxyl groups is 1. The molecule has 8 nitrogen and oxygen atoms in total. The van der Waals surface area contributed by atoms with Crippen molar-refractivity contribution < 1.29 is 14.6 Å². The van der Waals surface area contributed by atoms with E-state index in [9.17, 15) is 9.90 Å². The Kier molecular flexibility index (Phi) is 5.84. The van der Waals surface area contributed by atoms with E-state index in [-0.39, 0.29) is 24.8 Å². The van der Waals surface area contributed by atoms with Crippen LogP contribution < -0.4 is 15.0 Å². The van der Waals surface area contributed by atoms with E-state index in [1.165, 1.54) is 33.9 Å². The fourth-order valence-electron chi connectivity index (χ4n) is 3.47. The molecule has 1 N–H and O–H groups in total. The maximum atomic E-state index is 13.2. The molecular formula is C23H18N4O4S2. The fraction of sp³-hybridized carbons (Fsp3) is 0.130. The summed E-state index contributed by atoms with van der Waals surface area (Å²) in [5.41, 5.74) is 0.932. The third-order valence-corrected chi connectivity index (χ3v) is 6.95. The second-order valence-electron chi connectivity index (χ2n) is 7.07. The molecule has 1 aliphatic heterocycles. The first kappa shape index (κ1) is 21.2. The van der Waals surface area contributed by atoms with Crippen molar-refractivity contribution in [3.05, 3.63) is 76.6 Å². The third-order valence-electron chi connectivity index (χ3n) is 4.99. The highest BCUT2D eigenvalue weighted by Gasteiger charge is 2.18. The van der Waals surface area contributed by atoms with Crippen LogP contribution in [0.3, 0.4) is 0 Å². The highest BCUT2D eigenvalue weighted by Crippen LogP contribution is 2.33. The Balaban J connectivity index is 1.55. The lowest BCUT2D eigenvalue weighted by Crippen LogP contribution is -2.22. The van der Waals surface area contributed by atoms with Gasteiger partial charge in [-0.15, -0.1) is 16.8 Å². The van der Waals surface area contributed by atoms with Crippen molar-refractivity contribution >= 4 is 45.2 Å². The van der Waals surface area contributed by atoms with Gasteiger partial charge in [0.1, 0.15) is 0 Å². The molecule has 0 aliphatic carbocycles. The Morgan fingerprint density at radius 2 is 2.00 bits per heavy atom. The zero-order valence-electron chi connectivity index (χ0n) is 17.3. The standard InChI is InChI=1S/C23H18N4O4S2/c1-2-9-32-23-26-25-22(33-23)24-11-17-15-5-3-4-6-16(15)20(28)27(21(17)29)12-14-7-8-18-19(10-14)31-13-30-18/h2-8,10-11,29H,1,9,12-13H2. The van der Waals surface area contributed by atoms with Crippen LogP contribution in [0.4, 0.5) is 5.13 Å². The van der Waals surface area contributed by atoms with E-state index in [0.29, 0.717) is 33.0 Å². The van der Waals surface area contributed by atoms with Crippen LogP contribution in [0.2, 0.25) is 0 Å². The first-order valence-corrected chi connectivity index (χ1v) is 11.8. The third kappa shape index (κ3) is 4.22. The first-order valence-electron chi connectivity index (χ1n) is 9.98. The Hall–Kier alpha value is -3.63. The summed E-state index contributed by atoms with van der Waals surface area (Å²) in [7, 11) is 0. The van der Waals surface area contributed by atoms with E-state index in [1.807, 2.05) is 12.1 Å². The van der Waals surface area contributed by atoms with Gasteiger partial charge in [-0.25, -0.2) is 4.99 Å². The molecule has 5 rings (SSSR count). The summed E-state index contributed by atoms with van der Waals surface area (Å²) in [4.78, 5) is 17.6. The molecule has 2 aromatic heterocycles. The molecule has 0 saturated carbocycles. The average Bonchev–Trinajstić information content (AvgIpc) is 3.49. The number of benzene rings is 2. The van der Waals surface area contributed by atoms with Crippen LogP contribution in [0.1, 0.15) is 11.1 Å². The molecule has 1 aliphatic rings. The molecule has 0 bridgehead atoms. The maximum Gasteiger partial charge on any atom is 0.261 e. The molecule has 0 spiro atoms. The Labute approximate surface area is 196 Å². The normalized spacial score (nSPS) is 12.6. The lowest BCUT2D eigenvalue weighted by Gasteiger charge is -2.14. The molecular weight excluding hydrogens is 460 g/mol. The Morgan fingerprint density at radius 1 is 1.18 bits per heavy atom. The van der Waals surface area contributed by atoms with Crippen molar-refractivity contribution in [3.63, 3.8) is 0 Å². The molecule has 0 saturated heterocycles. The van der Waals surface area contributed by atoms with Crippen molar-refractivity contribution in [1.82, 2.24) is 14.8 Å². The lowest BCUT2D eigenvalue weighted by molar-refractivity contribution is 0.174. The van der Waals surface area contributed by atoms with Gasteiger partial charge < -0.3 is 14.6 Å². The van der Waals surface area contributed by atoms with Gasteiger partial charge in [-0.05, 0) is 23.8 Å². The number of hydrogen-bond acceptors (Lipinski definition) is 9. The van der Waals surface area contributed by atoms with Crippen LogP contribution in [0.25, 0.3) is 10.8 Å². The van der Waals surface area contributed by atoms with Crippen molar-refractivity contribution in [2.24, 2.45) is 4.99 Å². The van der Waals surface area contributed by atoms with E-state index < -0.39 is 0 Å². The van der Waals surface area contributed by atoms with Crippen LogP contribution >= 0.6 is 23.1 Å². The first-order chi connectivity index (χ1) is 16.1. The number of aromatic nitrogens is 3. The number of fused-ring (bicyclic) bond motifs is 2. The summed E-state index contributed by atoms with van der Waals surface area (Å²) in [6.45, 7) is 4.02. The Bertz CT molecular complexity index is 1440. The predicted octanol–water partition coefficient (Wildman–Crippen LogP) is 4.36. The Morgan fingerprint density at radius 3 is 2.85 bits per heavy atom. The molecule has 4 aromatic rings. The maximum absolute atomic E-state index is 13.2. The van der Waals surface area contributed by atoms with E-state index in [4.69, 9.17) is 9.47 Å². The smallest absolute Gasteiger partial charge is 0.261 e. The van der Waals surface area contributed by atoms with Gasteiger partial charge in [-0.1, -0.05) is 53.4 Å². The number of hydrogen-bond donors (Lipinski definition) is 1. The summed E-state index contributed by atoms with van der Waals surface area (Å²) in [6.07, 6.45) is 3.32. The summed E-state index contributed by atoms with van der Waals surface area (Å²) < 4.78 is 12.9. The van der Waals surface area contributed by atoms with Gasteiger partial charge >= 0.3 is 0 Å². The second-order valence-corrected chi connectivity index (χ2v) is 9.29. The van der Waals surface area contributed by atoms with E-state index >= 15 is 0 Å². The van der Waals surface area contributed by atoms with Gasteiger partial charge in [0.25, 0.3) is 5.56 Å². The van der Waals surface area contributed by atoms with Gasteiger partial charge in [-0.2, -0.15) is 0 Å². The summed E-state index contributed by atoms with van der Waals surface area (Å²) in [5.74, 6) is 1.83. The number of ether oxygens (including phenoxy) is 2. The SMILES string of the molecule is C=CCSc1nnc(N=Cc2c(O)n(Cc3ccc4c(c3)OCO4)c(=O)c3ccccc23)s1. The van der Waals surface area contributed by atoms with E-state index in [2.05, 4.69) is 21.8 Å². The summed E-state index contributed by atoms with van der Waals surface area (Å²) in [5, 5.41) is 20.8. The van der Waals surface area contributed by atoms with Crippen molar-refractivity contribution in [2.75, 3.05) is 12.5 Å². The largest absolute Gasteiger partial charge is 0.494 e. The van der Waals surface area contributed by atoms with Gasteiger partial charge in [0, 0.05) is 22.7 Å². The number of rotatable bonds is 7. The van der Waals surface area contributed by atoms with Gasteiger partial charge in [-0.3, -0.25) is 9.36 Å². The van der Waals surface area contributed by atoms with Crippen LogP contribution in [0, 0.1) is 0 Å².